The van der Waals surface area contributed by atoms with Gasteiger partial charge in [0, 0.05) is 0 Å². The first kappa shape index (κ1) is 23.7. The summed E-state index contributed by atoms with van der Waals surface area (Å²) in [7, 11) is -5.70. The summed E-state index contributed by atoms with van der Waals surface area (Å²) < 4.78 is 63.3. The molecule has 2 rings (SSSR count). The monoisotopic (exact) mass is 560 g/mol. The largest absolute Gasteiger partial charge is 0.493 e. The van der Waals surface area contributed by atoms with Gasteiger partial charge in [-0.25, -0.2) is 0 Å². The van der Waals surface area contributed by atoms with Crippen molar-refractivity contribution in [3.8, 4) is 23.0 Å². The summed E-state index contributed by atoms with van der Waals surface area (Å²) in [4.78, 5) is 47.6. The lowest BCUT2D eigenvalue weighted by atomic mass is 10.1. The van der Waals surface area contributed by atoms with Crippen LogP contribution in [0.2, 0.25) is 0 Å². The number of hydrogen-bond donors (Lipinski definition) is 2. The van der Waals surface area contributed by atoms with Gasteiger partial charge in [0.15, 0.2) is 34.6 Å². The summed E-state index contributed by atoms with van der Waals surface area (Å²) in [5.74, 6) is -3.76. The fourth-order valence-corrected chi connectivity index (χ4v) is 2.58. The van der Waals surface area contributed by atoms with Crippen molar-refractivity contribution in [2.24, 2.45) is 11.5 Å². The Morgan fingerprint density at radius 2 is 1.14 bits per heavy atom. The smallest absolute Gasteiger partial charge is 0.325 e. The summed E-state index contributed by atoms with van der Waals surface area (Å²) >= 11 is 0. The van der Waals surface area contributed by atoms with E-state index in [9.17, 15) is 19.2 Å². The van der Waals surface area contributed by atoms with Gasteiger partial charge in [-0.05, 0) is 47.5 Å². The molecule has 0 atom stereocenters. The van der Waals surface area contributed by atoms with E-state index < -0.39 is 57.1 Å². The zero-order valence-electron chi connectivity index (χ0n) is 25.1. The molecule has 4 N–H and O–H groups in total. The average Bonchev–Trinajstić information content (AvgIpc) is 2.86. The molecule has 0 radical (unpaired) electrons. The van der Waals surface area contributed by atoms with E-state index in [1.165, 1.54) is 48.6 Å². The van der Waals surface area contributed by atoms with Gasteiger partial charge < -0.3 is 30.4 Å². The molecule has 0 aliphatic heterocycles. The number of rotatable bonds is 12. The van der Waals surface area contributed by atoms with E-state index in [1.807, 2.05) is 0 Å². The number of allylic oxidation sites excluding steroid dienone is 2. The van der Waals surface area contributed by atoms with Crippen molar-refractivity contribution in [2.45, 2.75) is 6.42 Å². The van der Waals surface area contributed by atoms with E-state index in [-0.39, 0.29) is 47.8 Å². The molecule has 0 aliphatic rings. The first-order valence-corrected chi connectivity index (χ1v) is 9.98. The zero-order valence-corrected chi connectivity index (χ0v) is 20.8. The van der Waals surface area contributed by atoms with Gasteiger partial charge in [0.05, 0.1) is 41.8 Å². The minimum Gasteiger partial charge on any atom is -0.493 e. The fraction of sp³-hybridized carbons (Fsp3) is 0.200. The van der Waals surface area contributed by atoms with Crippen LogP contribution in [0.4, 0.5) is 0 Å². The maximum absolute atomic E-state index is 12.3. The molecule has 10 nitrogen and oxygen atoms in total. The van der Waals surface area contributed by atoms with Crippen molar-refractivity contribution in [3.63, 3.8) is 0 Å². The van der Waals surface area contributed by atoms with Crippen molar-refractivity contribution < 1.29 is 46.4 Å². The zero-order chi connectivity index (χ0) is 30.8. The van der Waals surface area contributed by atoms with Gasteiger partial charge in [-0.15, -0.1) is 24.8 Å². The Labute approximate surface area is 234 Å². The number of esters is 2. The third-order valence-electron chi connectivity index (χ3n) is 4.21. The van der Waals surface area contributed by atoms with Crippen LogP contribution in [-0.4, -0.2) is 50.7 Å². The normalized spacial score (nSPS) is 13.4. The molecule has 2 aromatic rings. The minimum atomic E-state index is -2.85. The summed E-state index contributed by atoms with van der Waals surface area (Å²) in [6.07, 6.45) is 4.27. The van der Waals surface area contributed by atoms with Gasteiger partial charge in [-0.1, -0.05) is 24.3 Å². The van der Waals surface area contributed by atoms with E-state index in [0.29, 0.717) is 11.1 Å². The van der Waals surface area contributed by atoms with Crippen LogP contribution in [0.25, 0.3) is 12.2 Å². The first-order chi connectivity index (χ1) is 19.1. The molecule has 0 spiro atoms. The topological polar surface area (TPSA) is 157 Å². The molecule has 0 saturated carbocycles. The van der Waals surface area contributed by atoms with Crippen molar-refractivity contribution >= 4 is 60.5 Å². The summed E-state index contributed by atoms with van der Waals surface area (Å²) in [6, 6.07) is 7.82. The van der Waals surface area contributed by atoms with Gasteiger partial charge in [0.1, 0.15) is 0 Å². The summed E-state index contributed by atoms with van der Waals surface area (Å²) in [5.41, 5.74) is 11.0. The number of nitrogens with two attached hydrogens (primary N) is 2. The number of methoxy groups -OCH3 is 2. The molecule has 0 bridgehead atoms. The van der Waals surface area contributed by atoms with Crippen LogP contribution in [0, 0.1) is 0 Å². The SMILES string of the molecule is Cl.Cl.[2H]C([2H])([2H])Oc1cc(/C=C/C(=O)CC(=O)/C=C/c2ccc(OC(=O)CN)c(OC([2H])([2H])[2H])c2)ccc1OC(=O)CN. The van der Waals surface area contributed by atoms with Crippen LogP contribution in [-0.2, 0) is 19.2 Å². The average molecular weight is 561 g/mol. The van der Waals surface area contributed by atoms with Gasteiger partial charge in [-0.2, -0.15) is 0 Å². The standard InChI is InChI=1S/C25H26N2O8.2ClH/c1-32-22-11-16(5-9-20(22)34-24(30)14-26)3-7-18(28)13-19(29)8-4-17-6-10-21(23(12-17)33-2)35-25(31)15-27;;/h3-12H,13-15,26-27H2,1-2H3;2*1H/b7-3+,8-4+;;/i1D3,2D3;;. The molecule has 0 amide bonds. The predicted octanol–water partition coefficient (Wildman–Crippen LogP) is 2.53. The molecule has 37 heavy (non-hydrogen) atoms. The molecule has 0 unspecified atom stereocenters. The lowest BCUT2D eigenvalue weighted by Gasteiger charge is -2.09. The number of hydrogen-bond acceptors (Lipinski definition) is 10. The highest BCUT2D eigenvalue weighted by Crippen LogP contribution is 2.29. The second kappa shape index (κ2) is 16.9. The highest BCUT2D eigenvalue weighted by atomic mass is 35.5. The molecule has 0 heterocycles. The molecule has 0 aliphatic carbocycles. The van der Waals surface area contributed by atoms with E-state index >= 15 is 0 Å². The Kier molecular flexibility index (Phi) is 10.8. The number of benzene rings is 2. The predicted molar refractivity (Wildman–Crippen MR) is 143 cm³/mol. The Balaban J connectivity index is 0.00000882. The number of ketones is 2. The molecular weight excluding hydrogens is 527 g/mol. The van der Waals surface area contributed by atoms with Crippen molar-refractivity contribution in [3.05, 3.63) is 59.7 Å². The highest BCUT2D eigenvalue weighted by Gasteiger charge is 2.11. The Morgan fingerprint density at radius 1 is 0.730 bits per heavy atom. The van der Waals surface area contributed by atoms with Crippen LogP contribution >= 0.6 is 24.8 Å². The first-order valence-electron chi connectivity index (χ1n) is 13.0. The van der Waals surface area contributed by atoms with Crippen molar-refractivity contribution in [1.82, 2.24) is 0 Å². The lowest BCUT2D eigenvalue weighted by molar-refractivity contribution is -0.133. The van der Waals surface area contributed by atoms with E-state index in [4.69, 9.17) is 38.6 Å². The number of ether oxygens (including phenoxy) is 4. The second-order valence-corrected chi connectivity index (χ2v) is 6.75. The minimum absolute atomic E-state index is 0. The van der Waals surface area contributed by atoms with Gasteiger partial charge >= 0.3 is 11.9 Å². The number of carbonyl (C=O) groups excluding carboxylic acids is 4. The third-order valence-corrected chi connectivity index (χ3v) is 4.21. The number of carbonyl (C=O) groups is 4. The maximum Gasteiger partial charge on any atom is 0.325 e. The molecule has 0 saturated heterocycles. The maximum atomic E-state index is 12.3. The molecule has 2 aromatic carbocycles. The molecule has 200 valence electrons. The van der Waals surface area contributed by atoms with Gasteiger partial charge in [0.2, 0.25) is 0 Å². The molecule has 0 fully saturated rings. The van der Waals surface area contributed by atoms with E-state index in [1.54, 1.807) is 0 Å². The fourth-order valence-electron chi connectivity index (χ4n) is 2.58. The van der Waals surface area contributed by atoms with Crippen molar-refractivity contribution in [2.75, 3.05) is 27.2 Å². The van der Waals surface area contributed by atoms with Crippen LogP contribution < -0.4 is 30.4 Å². The lowest BCUT2D eigenvalue weighted by Crippen LogP contribution is -2.19. The Bertz CT molecular complexity index is 1260. The quantitative estimate of drug-likeness (QED) is 0.171. The van der Waals surface area contributed by atoms with Gasteiger partial charge in [-0.3, -0.25) is 19.2 Å². The highest BCUT2D eigenvalue weighted by molar-refractivity contribution is 6.10. The third kappa shape index (κ3) is 10.8. The molecule has 12 heteroatoms. The Hall–Kier alpha value is -3.70. The second-order valence-electron chi connectivity index (χ2n) is 6.75. The van der Waals surface area contributed by atoms with Crippen LogP contribution in [0.3, 0.4) is 0 Å². The van der Waals surface area contributed by atoms with Crippen LogP contribution in [0.15, 0.2) is 48.6 Å². The summed E-state index contributed by atoms with van der Waals surface area (Å²) in [6.45, 7) is -0.892. The Morgan fingerprint density at radius 3 is 1.49 bits per heavy atom. The number of halogens is 2. The van der Waals surface area contributed by atoms with Crippen LogP contribution in [0.5, 0.6) is 23.0 Å². The van der Waals surface area contributed by atoms with Crippen LogP contribution in [0.1, 0.15) is 25.8 Å². The van der Waals surface area contributed by atoms with Gasteiger partial charge in [0.25, 0.3) is 0 Å². The van der Waals surface area contributed by atoms with E-state index in [0.717, 1.165) is 12.2 Å². The van der Waals surface area contributed by atoms with E-state index in [2.05, 4.69) is 0 Å². The molecular formula is C25H28Cl2N2O8. The summed E-state index contributed by atoms with van der Waals surface area (Å²) in [5, 5.41) is 0. The molecule has 0 aromatic heterocycles. The van der Waals surface area contributed by atoms with Crippen molar-refractivity contribution in [1.29, 1.82) is 0 Å².